The van der Waals surface area contributed by atoms with Crippen LogP contribution >= 0.6 is 11.3 Å². The van der Waals surface area contributed by atoms with Gasteiger partial charge in [-0.2, -0.15) is 0 Å². The number of aromatic nitrogens is 1. The number of carbonyl (C=O) groups is 1. The van der Waals surface area contributed by atoms with Crippen LogP contribution in [0.25, 0.3) is 0 Å². The first-order valence-corrected chi connectivity index (χ1v) is 8.86. The quantitative estimate of drug-likeness (QED) is 0.927. The van der Waals surface area contributed by atoms with Crippen LogP contribution in [0.1, 0.15) is 46.4 Å². The van der Waals surface area contributed by atoms with E-state index in [0.29, 0.717) is 6.42 Å². The van der Waals surface area contributed by atoms with Gasteiger partial charge in [0.2, 0.25) is 0 Å². The largest absolute Gasteiger partial charge is 0.480 e. The maximum Gasteiger partial charge on any atom is 0.320 e. The Balaban J connectivity index is 2.05. The van der Waals surface area contributed by atoms with Crippen LogP contribution in [0.5, 0.6) is 0 Å². The lowest BCUT2D eigenvalue weighted by Crippen LogP contribution is -2.46. The number of nitrogens with zero attached hydrogens (tertiary/aromatic N) is 2. The second-order valence-electron chi connectivity index (χ2n) is 6.14. The minimum Gasteiger partial charge on any atom is -0.480 e. The molecule has 4 nitrogen and oxygen atoms in total. The molecule has 122 valence electrons. The van der Waals surface area contributed by atoms with Crippen molar-refractivity contribution in [2.75, 3.05) is 6.54 Å². The number of likely N-dealkylation sites (tertiary alicyclic amines) is 1. The molecule has 0 aliphatic carbocycles. The van der Waals surface area contributed by atoms with Crippen LogP contribution in [0.3, 0.4) is 0 Å². The maximum atomic E-state index is 11.7. The summed E-state index contributed by atoms with van der Waals surface area (Å²) in [5, 5.41) is 9.65. The number of hydrogen-bond acceptors (Lipinski definition) is 4. The Hall–Kier alpha value is -1.72. The Bertz CT molecular complexity index is 698. The third-order valence-corrected chi connectivity index (χ3v) is 5.43. The van der Waals surface area contributed by atoms with Gasteiger partial charge in [0.15, 0.2) is 0 Å². The number of piperidine rings is 1. The van der Waals surface area contributed by atoms with E-state index >= 15 is 0 Å². The van der Waals surface area contributed by atoms with Crippen LogP contribution in [0, 0.1) is 13.8 Å². The summed E-state index contributed by atoms with van der Waals surface area (Å²) in [5.74, 6) is -0.726. The third-order valence-electron chi connectivity index (χ3n) is 4.38. The monoisotopic (exact) mass is 330 g/mol. The molecule has 3 rings (SSSR count). The molecule has 1 saturated heterocycles. The molecule has 0 spiro atoms. The molecule has 2 aromatic heterocycles. The van der Waals surface area contributed by atoms with E-state index < -0.39 is 12.0 Å². The van der Waals surface area contributed by atoms with Crippen molar-refractivity contribution >= 4 is 17.3 Å². The predicted octanol–water partition coefficient (Wildman–Crippen LogP) is 3.79. The van der Waals surface area contributed by atoms with Crippen molar-refractivity contribution in [3.63, 3.8) is 0 Å². The van der Waals surface area contributed by atoms with Crippen LogP contribution < -0.4 is 0 Å². The molecule has 2 aromatic rings. The van der Waals surface area contributed by atoms with Gasteiger partial charge in [0.05, 0.1) is 11.7 Å². The van der Waals surface area contributed by atoms with Gasteiger partial charge in [-0.05, 0) is 51.0 Å². The summed E-state index contributed by atoms with van der Waals surface area (Å²) in [6, 6.07) is 9.70. The van der Waals surface area contributed by atoms with E-state index in [1.807, 2.05) is 25.1 Å². The normalized spacial score (nSPS) is 20.3. The average molecular weight is 330 g/mol. The van der Waals surface area contributed by atoms with E-state index in [9.17, 15) is 9.90 Å². The van der Waals surface area contributed by atoms with Gasteiger partial charge in [-0.25, -0.2) is 0 Å². The summed E-state index contributed by atoms with van der Waals surface area (Å²) in [6.45, 7) is 4.86. The number of aryl methyl sites for hydroxylation is 2. The van der Waals surface area contributed by atoms with Gasteiger partial charge in [0.25, 0.3) is 0 Å². The zero-order valence-electron chi connectivity index (χ0n) is 13.5. The van der Waals surface area contributed by atoms with E-state index in [1.54, 1.807) is 11.3 Å². The Morgan fingerprint density at radius 1 is 1.30 bits per heavy atom. The van der Waals surface area contributed by atoms with Gasteiger partial charge < -0.3 is 5.11 Å². The Kier molecular flexibility index (Phi) is 4.78. The lowest BCUT2D eigenvalue weighted by molar-refractivity contribution is -0.145. The molecule has 3 heterocycles. The van der Waals surface area contributed by atoms with E-state index in [4.69, 9.17) is 4.98 Å². The lowest BCUT2D eigenvalue weighted by atomic mass is 9.97. The van der Waals surface area contributed by atoms with E-state index in [-0.39, 0.29) is 6.04 Å². The number of carboxylic acid groups (broad SMARTS) is 1. The van der Waals surface area contributed by atoms with Gasteiger partial charge in [-0.3, -0.25) is 14.7 Å². The number of carboxylic acids is 1. The van der Waals surface area contributed by atoms with Crippen LogP contribution in [0.4, 0.5) is 0 Å². The van der Waals surface area contributed by atoms with Gasteiger partial charge in [0.1, 0.15) is 6.04 Å². The molecule has 0 aromatic carbocycles. The maximum absolute atomic E-state index is 11.7. The highest BCUT2D eigenvalue weighted by atomic mass is 32.1. The van der Waals surface area contributed by atoms with Crippen molar-refractivity contribution in [2.24, 2.45) is 0 Å². The molecule has 1 fully saturated rings. The molecule has 1 N–H and O–H groups in total. The van der Waals surface area contributed by atoms with E-state index in [1.165, 1.54) is 9.75 Å². The summed E-state index contributed by atoms with van der Waals surface area (Å²) in [7, 11) is 0. The van der Waals surface area contributed by atoms with Crippen molar-refractivity contribution in [2.45, 2.75) is 45.2 Å². The Morgan fingerprint density at radius 2 is 2.13 bits per heavy atom. The lowest BCUT2D eigenvalue weighted by Gasteiger charge is -2.38. The molecular weight excluding hydrogens is 308 g/mol. The molecule has 2 atom stereocenters. The molecule has 2 unspecified atom stereocenters. The first-order valence-electron chi connectivity index (χ1n) is 8.04. The third kappa shape index (κ3) is 3.46. The predicted molar refractivity (Wildman–Crippen MR) is 91.9 cm³/mol. The van der Waals surface area contributed by atoms with Crippen molar-refractivity contribution in [3.05, 3.63) is 51.5 Å². The van der Waals surface area contributed by atoms with Crippen LogP contribution in [-0.4, -0.2) is 33.5 Å². The topological polar surface area (TPSA) is 53.4 Å². The highest BCUT2D eigenvalue weighted by molar-refractivity contribution is 7.12. The van der Waals surface area contributed by atoms with Gasteiger partial charge in [0, 0.05) is 22.0 Å². The van der Waals surface area contributed by atoms with Crippen molar-refractivity contribution in [3.8, 4) is 0 Å². The zero-order chi connectivity index (χ0) is 16.4. The first kappa shape index (κ1) is 16.1. The molecule has 0 bridgehead atoms. The number of rotatable bonds is 4. The second kappa shape index (κ2) is 6.81. The van der Waals surface area contributed by atoms with Crippen molar-refractivity contribution in [1.82, 2.24) is 9.88 Å². The fraction of sp³-hybridized carbons (Fsp3) is 0.444. The first-order chi connectivity index (χ1) is 11.1. The molecule has 5 heteroatoms. The van der Waals surface area contributed by atoms with Gasteiger partial charge in [-0.15, -0.1) is 11.3 Å². The van der Waals surface area contributed by atoms with Gasteiger partial charge >= 0.3 is 5.97 Å². The highest BCUT2D eigenvalue weighted by Crippen LogP contribution is 2.36. The van der Waals surface area contributed by atoms with Crippen LogP contribution in [-0.2, 0) is 4.79 Å². The minimum atomic E-state index is -0.726. The molecule has 1 aliphatic rings. The number of pyridine rings is 1. The number of aliphatic carboxylic acids is 1. The molecule has 0 saturated carbocycles. The summed E-state index contributed by atoms with van der Waals surface area (Å²) in [5.41, 5.74) is 1.91. The standard InChI is InChI=1S/C18H22N2O2S/c1-12-6-5-7-14(19-12)17(16-10-9-13(2)23-16)20-11-4-3-8-15(20)18(21)22/h5-7,9-10,15,17H,3-4,8,11H2,1-2H3,(H,21,22). The summed E-state index contributed by atoms with van der Waals surface area (Å²) >= 11 is 1.73. The molecule has 23 heavy (non-hydrogen) atoms. The summed E-state index contributed by atoms with van der Waals surface area (Å²) in [6.07, 6.45) is 2.73. The van der Waals surface area contributed by atoms with Crippen molar-refractivity contribution < 1.29 is 9.90 Å². The average Bonchev–Trinajstić information content (AvgIpc) is 2.94. The van der Waals surface area contributed by atoms with Crippen LogP contribution in [0.2, 0.25) is 0 Å². The smallest absolute Gasteiger partial charge is 0.320 e. The summed E-state index contributed by atoms with van der Waals surface area (Å²) < 4.78 is 0. The molecule has 0 radical (unpaired) electrons. The fourth-order valence-electron chi connectivity index (χ4n) is 3.32. The SMILES string of the molecule is Cc1cccc(C(c2ccc(C)s2)N2CCCCC2C(=O)O)n1. The number of thiophene rings is 1. The fourth-order valence-corrected chi connectivity index (χ4v) is 4.34. The van der Waals surface area contributed by atoms with E-state index in [0.717, 1.165) is 30.8 Å². The highest BCUT2D eigenvalue weighted by Gasteiger charge is 2.36. The van der Waals surface area contributed by atoms with E-state index in [2.05, 4.69) is 24.0 Å². The van der Waals surface area contributed by atoms with Gasteiger partial charge in [-0.1, -0.05) is 12.5 Å². The zero-order valence-corrected chi connectivity index (χ0v) is 14.3. The van der Waals surface area contributed by atoms with Crippen LogP contribution in [0.15, 0.2) is 30.3 Å². The number of hydrogen-bond donors (Lipinski definition) is 1. The second-order valence-corrected chi connectivity index (χ2v) is 7.46. The molecule has 1 aliphatic heterocycles. The Labute approximate surface area is 140 Å². The Morgan fingerprint density at radius 3 is 2.78 bits per heavy atom. The van der Waals surface area contributed by atoms with Crippen molar-refractivity contribution in [1.29, 1.82) is 0 Å². The summed E-state index contributed by atoms with van der Waals surface area (Å²) in [4.78, 5) is 21.0. The minimum absolute atomic E-state index is 0.0741. The molecular formula is C18H22N2O2S. The molecule has 0 amide bonds.